The van der Waals surface area contributed by atoms with Crippen LogP contribution in [0, 0.1) is 11.7 Å². The molecule has 1 spiro atoms. The van der Waals surface area contributed by atoms with Gasteiger partial charge in [0, 0.05) is 50.7 Å². The van der Waals surface area contributed by atoms with Crippen LogP contribution < -0.4 is 5.32 Å². The number of nitrogens with one attached hydrogen (secondary N) is 1. The van der Waals surface area contributed by atoms with Crippen molar-refractivity contribution in [3.05, 3.63) is 48.3 Å². The van der Waals surface area contributed by atoms with E-state index in [2.05, 4.69) is 19.8 Å². The van der Waals surface area contributed by atoms with Crippen molar-refractivity contribution in [2.24, 2.45) is 13.0 Å². The number of aromatic nitrogens is 2. The maximum atomic E-state index is 13.3. The van der Waals surface area contributed by atoms with Gasteiger partial charge in [-0.05, 0) is 24.6 Å². The average molecular weight is 374 g/mol. The second kappa shape index (κ2) is 7.96. The van der Waals surface area contributed by atoms with E-state index in [9.17, 15) is 4.39 Å². The zero-order valence-corrected chi connectivity index (χ0v) is 15.7. The predicted octanol–water partition coefficient (Wildman–Crippen LogP) is 2.28. The van der Waals surface area contributed by atoms with Crippen molar-refractivity contribution in [2.75, 3.05) is 44.8 Å². The molecule has 7 heteroatoms. The molecule has 27 heavy (non-hydrogen) atoms. The monoisotopic (exact) mass is 374 g/mol. The number of ether oxygens (including phenoxy) is 2. The van der Waals surface area contributed by atoms with E-state index in [4.69, 9.17) is 9.47 Å². The molecule has 2 fully saturated rings. The van der Waals surface area contributed by atoms with Gasteiger partial charge in [-0.15, -0.1) is 0 Å². The number of benzene rings is 1. The quantitative estimate of drug-likeness (QED) is 0.870. The highest BCUT2D eigenvalue weighted by Crippen LogP contribution is 2.33. The number of anilines is 1. The van der Waals surface area contributed by atoms with Crippen molar-refractivity contribution in [3.8, 4) is 0 Å². The summed E-state index contributed by atoms with van der Waals surface area (Å²) in [5.41, 5.74) is 0.542. The van der Waals surface area contributed by atoms with Crippen molar-refractivity contribution in [1.82, 2.24) is 14.5 Å². The Bertz CT molecular complexity index is 768. The number of aryl methyl sites for hydroxylation is 1. The third-order valence-corrected chi connectivity index (χ3v) is 5.42. The highest BCUT2D eigenvalue weighted by molar-refractivity contribution is 5.43. The summed E-state index contributed by atoms with van der Waals surface area (Å²) >= 11 is 0. The topological polar surface area (TPSA) is 51.5 Å². The van der Waals surface area contributed by atoms with E-state index >= 15 is 0 Å². The Morgan fingerprint density at radius 1 is 1.41 bits per heavy atom. The molecule has 4 rings (SSSR count). The molecule has 1 aromatic carbocycles. The van der Waals surface area contributed by atoms with Crippen molar-refractivity contribution in [3.63, 3.8) is 0 Å². The van der Waals surface area contributed by atoms with E-state index in [-0.39, 0.29) is 11.4 Å². The molecule has 0 bridgehead atoms. The van der Waals surface area contributed by atoms with Gasteiger partial charge >= 0.3 is 0 Å². The summed E-state index contributed by atoms with van der Waals surface area (Å²) in [6.45, 7) is 5.32. The summed E-state index contributed by atoms with van der Waals surface area (Å²) in [6.07, 6.45) is 4.74. The van der Waals surface area contributed by atoms with Crippen molar-refractivity contribution < 1.29 is 13.9 Å². The Balaban J connectivity index is 1.35. The summed E-state index contributed by atoms with van der Waals surface area (Å²) in [7, 11) is 2.02. The molecule has 2 saturated heterocycles. The summed E-state index contributed by atoms with van der Waals surface area (Å²) in [5.74, 6) is 1.21. The third kappa shape index (κ3) is 4.48. The van der Waals surface area contributed by atoms with Gasteiger partial charge in [0.1, 0.15) is 17.2 Å². The van der Waals surface area contributed by atoms with Crippen molar-refractivity contribution >= 4 is 5.69 Å². The van der Waals surface area contributed by atoms with Gasteiger partial charge < -0.3 is 19.4 Å². The molecule has 6 nitrogen and oxygen atoms in total. The molecular formula is C20H27FN4O2. The molecule has 2 atom stereocenters. The number of nitrogens with zero attached hydrogens (tertiary/aromatic N) is 3. The summed E-state index contributed by atoms with van der Waals surface area (Å²) in [5, 5.41) is 3.33. The van der Waals surface area contributed by atoms with E-state index in [1.165, 1.54) is 12.1 Å². The van der Waals surface area contributed by atoms with E-state index in [0.29, 0.717) is 25.7 Å². The first-order chi connectivity index (χ1) is 13.1. The van der Waals surface area contributed by atoms with Gasteiger partial charge in [0.05, 0.1) is 26.4 Å². The Labute approximate surface area is 159 Å². The first-order valence-corrected chi connectivity index (χ1v) is 9.52. The lowest BCUT2D eigenvalue weighted by Crippen LogP contribution is -2.44. The van der Waals surface area contributed by atoms with Crippen LogP contribution in [-0.4, -0.2) is 59.5 Å². The molecular weight excluding hydrogens is 347 g/mol. The highest BCUT2D eigenvalue weighted by atomic mass is 19.1. The molecule has 1 aromatic heterocycles. The molecule has 0 aliphatic carbocycles. The summed E-state index contributed by atoms with van der Waals surface area (Å²) in [6, 6.07) is 6.59. The molecule has 1 N–H and O–H groups in total. The van der Waals surface area contributed by atoms with Crippen LogP contribution in [0.15, 0.2) is 36.7 Å². The molecule has 0 radical (unpaired) electrons. The van der Waals surface area contributed by atoms with Crippen LogP contribution in [0.1, 0.15) is 12.2 Å². The van der Waals surface area contributed by atoms with E-state index in [1.807, 2.05) is 25.5 Å². The minimum Gasteiger partial charge on any atom is -0.385 e. The van der Waals surface area contributed by atoms with Crippen LogP contribution in [0.25, 0.3) is 0 Å². The normalized spacial score (nSPS) is 26.4. The fourth-order valence-corrected chi connectivity index (χ4v) is 4.01. The molecule has 2 aromatic rings. The number of rotatable bonds is 5. The Hall–Kier alpha value is -1.96. The van der Waals surface area contributed by atoms with Gasteiger partial charge in [0.25, 0.3) is 0 Å². The largest absolute Gasteiger partial charge is 0.385 e. The van der Waals surface area contributed by atoms with Crippen LogP contribution >= 0.6 is 0 Å². The molecule has 3 heterocycles. The molecule has 2 aliphatic rings. The van der Waals surface area contributed by atoms with Gasteiger partial charge in [-0.25, -0.2) is 9.37 Å². The van der Waals surface area contributed by atoms with Gasteiger partial charge in [0.15, 0.2) is 0 Å². The predicted molar refractivity (Wildman–Crippen MR) is 101 cm³/mol. The first-order valence-electron chi connectivity index (χ1n) is 9.52. The smallest absolute Gasteiger partial charge is 0.125 e. The van der Waals surface area contributed by atoms with Crippen LogP contribution in [0.2, 0.25) is 0 Å². The van der Waals surface area contributed by atoms with E-state index in [0.717, 1.165) is 44.1 Å². The summed E-state index contributed by atoms with van der Waals surface area (Å²) < 4.78 is 27.5. The minimum absolute atomic E-state index is 0.221. The standard InChI is InChI=1S/C20H27FN4O2/c1-24-6-5-22-19(24)12-25-7-8-26-15-20(14-25)10-16(13-27-20)11-23-18-4-2-3-17(21)9-18/h2-6,9,16,23H,7-8,10-15H2,1H3/t16-,20+/m1/s1. The molecule has 146 valence electrons. The average Bonchev–Trinajstić information content (AvgIpc) is 3.17. The number of imidazole rings is 1. The molecule has 0 unspecified atom stereocenters. The zero-order valence-electron chi connectivity index (χ0n) is 15.7. The fraction of sp³-hybridized carbons (Fsp3) is 0.550. The van der Waals surface area contributed by atoms with Gasteiger partial charge in [-0.2, -0.15) is 0 Å². The second-order valence-electron chi connectivity index (χ2n) is 7.67. The third-order valence-electron chi connectivity index (χ3n) is 5.42. The number of hydrogen-bond acceptors (Lipinski definition) is 5. The van der Waals surface area contributed by atoms with Crippen molar-refractivity contribution in [2.45, 2.75) is 18.6 Å². The first kappa shape index (κ1) is 18.4. The lowest BCUT2D eigenvalue weighted by molar-refractivity contribution is -0.0564. The van der Waals surface area contributed by atoms with Crippen LogP contribution in [0.3, 0.4) is 0 Å². The zero-order chi connectivity index (χ0) is 18.7. The number of hydrogen-bond donors (Lipinski definition) is 1. The van der Waals surface area contributed by atoms with Gasteiger partial charge in [-0.3, -0.25) is 4.90 Å². The molecule has 2 aliphatic heterocycles. The van der Waals surface area contributed by atoms with E-state index in [1.54, 1.807) is 6.07 Å². The maximum absolute atomic E-state index is 13.3. The van der Waals surface area contributed by atoms with Gasteiger partial charge in [0.2, 0.25) is 0 Å². The van der Waals surface area contributed by atoms with E-state index < -0.39 is 0 Å². The molecule has 0 amide bonds. The Kier molecular flexibility index (Phi) is 5.43. The maximum Gasteiger partial charge on any atom is 0.125 e. The fourth-order valence-electron chi connectivity index (χ4n) is 4.01. The SMILES string of the molecule is Cn1ccnc1CN1CCOC[C@]2(C[C@H](CNc3cccc(F)c3)CO2)C1. The van der Waals surface area contributed by atoms with Crippen LogP contribution in [0.4, 0.5) is 10.1 Å². The second-order valence-corrected chi connectivity index (χ2v) is 7.67. The molecule has 0 saturated carbocycles. The van der Waals surface area contributed by atoms with Gasteiger partial charge in [-0.1, -0.05) is 6.07 Å². The Morgan fingerprint density at radius 3 is 3.15 bits per heavy atom. The minimum atomic E-state index is -0.268. The van der Waals surface area contributed by atoms with Crippen LogP contribution in [-0.2, 0) is 23.1 Å². The lowest BCUT2D eigenvalue weighted by atomic mass is 9.94. The summed E-state index contributed by atoms with van der Waals surface area (Å²) in [4.78, 5) is 6.81. The van der Waals surface area contributed by atoms with Crippen LogP contribution in [0.5, 0.6) is 0 Å². The van der Waals surface area contributed by atoms with Crippen molar-refractivity contribution in [1.29, 1.82) is 0 Å². The highest BCUT2D eigenvalue weighted by Gasteiger charge is 2.43. The number of halogens is 1. The Morgan fingerprint density at radius 2 is 2.33 bits per heavy atom. The lowest BCUT2D eigenvalue weighted by Gasteiger charge is -2.31.